The summed E-state index contributed by atoms with van der Waals surface area (Å²) < 4.78 is 0. The van der Waals surface area contributed by atoms with Crippen LogP contribution in [0.3, 0.4) is 0 Å². The molecule has 1 aliphatic rings. The molecule has 0 bridgehead atoms. The average molecular weight is 265 g/mol. The Bertz CT molecular complexity index is 394. The lowest BCUT2D eigenvalue weighted by molar-refractivity contribution is 0.188. The number of thioether (sulfide) groups is 1. The van der Waals surface area contributed by atoms with E-state index in [9.17, 15) is 5.11 Å². The Balaban J connectivity index is 2.17. The zero-order valence-electron chi connectivity index (χ0n) is 11.5. The van der Waals surface area contributed by atoms with Crippen LogP contribution in [0.2, 0.25) is 0 Å². The molecule has 3 heteroatoms. The molecule has 2 rings (SSSR count). The molecular weight excluding hydrogens is 242 g/mol. The summed E-state index contributed by atoms with van der Waals surface area (Å²) in [6.07, 6.45) is 3.13. The van der Waals surface area contributed by atoms with Gasteiger partial charge in [-0.1, -0.05) is 18.2 Å². The van der Waals surface area contributed by atoms with Gasteiger partial charge in [0.2, 0.25) is 0 Å². The lowest BCUT2D eigenvalue weighted by Gasteiger charge is -2.24. The third-order valence-corrected chi connectivity index (χ3v) is 5.32. The monoisotopic (exact) mass is 265 g/mol. The number of hydrogen-bond donors (Lipinski definition) is 1. The maximum absolute atomic E-state index is 9.96. The SMILES string of the molecule is C[C@@H](c1ccccc1S[C@H]1CCC[C@@H]1O)N(C)C. The smallest absolute Gasteiger partial charge is 0.0662 e. The van der Waals surface area contributed by atoms with Gasteiger partial charge in [-0.25, -0.2) is 0 Å². The molecular formula is C15H23NOS. The van der Waals surface area contributed by atoms with Crippen LogP contribution in [0.25, 0.3) is 0 Å². The fourth-order valence-electron chi connectivity index (χ4n) is 2.42. The van der Waals surface area contributed by atoms with Gasteiger partial charge >= 0.3 is 0 Å². The predicted molar refractivity (Wildman–Crippen MR) is 78.0 cm³/mol. The number of aliphatic hydroxyl groups excluding tert-OH is 1. The number of nitrogens with zero attached hydrogens (tertiary/aromatic N) is 1. The first-order valence-corrected chi connectivity index (χ1v) is 7.57. The second-order valence-electron chi connectivity index (χ2n) is 5.33. The van der Waals surface area contributed by atoms with Gasteiger partial charge in [0.1, 0.15) is 0 Å². The van der Waals surface area contributed by atoms with Gasteiger partial charge in [-0.05, 0) is 51.9 Å². The first-order chi connectivity index (χ1) is 8.59. The van der Waals surface area contributed by atoms with Gasteiger partial charge in [-0.2, -0.15) is 0 Å². The van der Waals surface area contributed by atoms with Crippen molar-refractivity contribution in [2.75, 3.05) is 14.1 Å². The molecule has 1 saturated carbocycles. The number of aliphatic hydroxyl groups is 1. The van der Waals surface area contributed by atoms with Crippen molar-refractivity contribution < 1.29 is 5.11 Å². The largest absolute Gasteiger partial charge is 0.392 e. The van der Waals surface area contributed by atoms with Crippen molar-refractivity contribution >= 4 is 11.8 Å². The van der Waals surface area contributed by atoms with E-state index in [-0.39, 0.29) is 6.10 Å². The Morgan fingerprint density at radius 3 is 2.61 bits per heavy atom. The minimum absolute atomic E-state index is 0.127. The van der Waals surface area contributed by atoms with Crippen LogP contribution in [0.4, 0.5) is 0 Å². The second kappa shape index (κ2) is 6.09. The maximum Gasteiger partial charge on any atom is 0.0662 e. The normalized spacial score (nSPS) is 25.6. The molecule has 100 valence electrons. The number of hydrogen-bond acceptors (Lipinski definition) is 3. The molecule has 18 heavy (non-hydrogen) atoms. The summed E-state index contributed by atoms with van der Waals surface area (Å²) >= 11 is 1.85. The van der Waals surface area contributed by atoms with Gasteiger partial charge in [0.05, 0.1) is 6.10 Å². The Kier molecular flexibility index (Phi) is 4.71. The first-order valence-electron chi connectivity index (χ1n) is 6.69. The first kappa shape index (κ1) is 13.9. The van der Waals surface area contributed by atoms with Crippen LogP contribution < -0.4 is 0 Å². The quantitative estimate of drug-likeness (QED) is 0.903. The zero-order valence-corrected chi connectivity index (χ0v) is 12.3. The van der Waals surface area contributed by atoms with E-state index >= 15 is 0 Å². The van der Waals surface area contributed by atoms with Crippen molar-refractivity contribution in [2.45, 2.75) is 48.5 Å². The van der Waals surface area contributed by atoms with E-state index in [1.165, 1.54) is 10.5 Å². The van der Waals surface area contributed by atoms with Gasteiger partial charge in [-0.3, -0.25) is 0 Å². The highest BCUT2D eigenvalue weighted by atomic mass is 32.2. The molecule has 1 aromatic carbocycles. The lowest BCUT2D eigenvalue weighted by atomic mass is 10.1. The molecule has 0 unspecified atom stereocenters. The number of benzene rings is 1. The topological polar surface area (TPSA) is 23.5 Å². The highest BCUT2D eigenvalue weighted by molar-refractivity contribution is 8.00. The Labute approximate surface area is 114 Å². The molecule has 0 heterocycles. The van der Waals surface area contributed by atoms with Crippen LogP contribution in [-0.2, 0) is 0 Å². The highest BCUT2D eigenvalue weighted by Gasteiger charge is 2.27. The van der Waals surface area contributed by atoms with E-state index in [0.29, 0.717) is 11.3 Å². The summed E-state index contributed by atoms with van der Waals surface area (Å²) in [6, 6.07) is 8.99. The molecule has 1 aromatic rings. The molecule has 1 fully saturated rings. The van der Waals surface area contributed by atoms with Crippen LogP contribution in [-0.4, -0.2) is 35.5 Å². The third kappa shape index (κ3) is 3.08. The minimum atomic E-state index is -0.127. The van der Waals surface area contributed by atoms with E-state index in [4.69, 9.17) is 0 Å². The van der Waals surface area contributed by atoms with Gasteiger partial charge < -0.3 is 10.0 Å². The zero-order chi connectivity index (χ0) is 13.1. The molecule has 0 radical (unpaired) electrons. The van der Waals surface area contributed by atoms with Crippen LogP contribution >= 0.6 is 11.8 Å². The molecule has 0 aromatic heterocycles. The van der Waals surface area contributed by atoms with E-state index in [1.54, 1.807) is 0 Å². The summed E-state index contributed by atoms with van der Waals surface area (Å²) in [5, 5.41) is 10.3. The summed E-state index contributed by atoms with van der Waals surface area (Å²) in [5.74, 6) is 0. The summed E-state index contributed by atoms with van der Waals surface area (Å²) in [7, 11) is 4.22. The van der Waals surface area contributed by atoms with Gasteiger partial charge in [0.25, 0.3) is 0 Å². The third-order valence-electron chi connectivity index (χ3n) is 3.84. The second-order valence-corrected chi connectivity index (χ2v) is 6.61. The van der Waals surface area contributed by atoms with E-state index in [0.717, 1.165) is 19.3 Å². The van der Waals surface area contributed by atoms with E-state index in [1.807, 2.05) is 11.8 Å². The van der Waals surface area contributed by atoms with Crippen LogP contribution in [0.1, 0.15) is 37.8 Å². The van der Waals surface area contributed by atoms with Gasteiger partial charge in [-0.15, -0.1) is 11.8 Å². The van der Waals surface area contributed by atoms with Crippen molar-refractivity contribution in [3.8, 4) is 0 Å². The number of rotatable bonds is 4. The molecule has 1 aliphatic carbocycles. The predicted octanol–water partition coefficient (Wildman–Crippen LogP) is 3.31. The minimum Gasteiger partial charge on any atom is -0.392 e. The van der Waals surface area contributed by atoms with E-state index < -0.39 is 0 Å². The molecule has 1 N–H and O–H groups in total. The average Bonchev–Trinajstić information content (AvgIpc) is 2.75. The van der Waals surface area contributed by atoms with Crippen molar-refractivity contribution in [3.05, 3.63) is 29.8 Å². The fraction of sp³-hybridized carbons (Fsp3) is 0.600. The van der Waals surface area contributed by atoms with Crippen molar-refractivity contribution in [3.63, 3.8) is 0 Å². The van der Waals surface area contributed by atoms with Crippen molar-refractivity contribution in [1.82, 2.24) is 4.90 Å². The van der Waals surface area contributed by atoms with Crippen LogP contribution in [0, 0.1) is 0 Å². The van der Waals surface area contributed by atoms with E-state index in [2.05, 4.69) is 50.2 Å². The Hall–Kier alpha value is -0.510. The highest BCUT2D eigenvalue weighted by Crippen LogP contribution is 2.38. The lowest BCUT2D eigenvalue weighted by Crippen LogP contribution is -2.19. The molecule has 3 atom stereocenters. The van der Waals surface area contributed by atoms with Crippen LogP contribution in [0.15, 0.2) is 29.2 Å². The van der Waals surface area contributed by atoms with Gasteiger partial charge in [0, 0.05) is 16.2 Å². The molecule has 2 nitrogen and oxygen atoms in total. The molecule has 0 saturated heterocycles. The fourth-order valence-corrected chi connectivity index (χ4v) is 3.85. The van der Waals surface area contributed by atoms with Crippen LogP contribution in [0.5, 0.6) is 0 Å². The summed E-state index contributed by atoms with van der Waals surface area (Å²) in [6.45, 7) is 2.23. The summed E-state index contributed by atoms with van der Waals surface area (Å²) in [5.41, 5.74) is 1.37. The molecule has 0 amide bonds. The maximum atomic E-state index is 9.96. The molecule has 0 aliphatic heterocycles. The summed E-state index contributed by atoms with van der Waals surface area (Å²) in [4.78, 5) is 3.55. The Morgan fingerprint density at radius 1 is 1.28 bits per heavy atom. The Morgan fingerprint density at radius 2 is 2.00 bits per heavy atom. The molecule has 0 spiro atoms. The van der Waals surface area contributed by atoms with Crippen molar-refractivity contribution in [1.29, 1.82) is 0 Å². The van der Waals surface area contributed by atoms with Crippen molar-refractivity contribution in [2.24, 2.45) is 0 Å². The van der Waals surface area contributed by atoms with Gasteiger partial charge in [0.15, 0.2) is 0 Å². The standard InChI is InChI=1S/C15H23NOS/c1-11(16(2)3)12-7-4-5-9-14(12)18-15-10-6-8-13(15)17/h4-5,7,9,11,13,15,17H,6,8,10H2,1-3H3/t11-,13-,15-/m0/s1.